The van der Waals surface area contributed by atoms with Crippen LogP contribution in [0.3, 0.4) is 0 Å². The lowest BCUT2D eigenvalue weighted by Crippen LogP contribution is -2.57. The Morgan fingerprint density at radius 2 is 1.33 bits per heavy atom. The number of hydrogen-bond donors (Lipinski definition) is 6. The van der Waals surface area contributed by atoms with Gasteiger partial charge in [0.2, 0.25) is 11.8 Å². The number of halogens is 1. The van der Waals surface area contributed by atoms with Gasteiger partial charge in [-0.05, 0) is 7.05 Å². The predicted octanol–water partition coefficient (Wildman–Crippen LogP) is -3.94. The van der Waals surface area contributed by atoms with E-state index in [1.54, 1.807) is 0 Å². The molecular weight excluding hydrogens is 289 g/mol. The summed E-state index contributed by atoms with van der Waals surface area (Å²) in [5.74, 6) is -2.73. The van der Waals surface area contributed by atoms with E-state index in [-0.39, 0.29) is 0 Å². The molecule has 122 valence electrons. The Labute approximate surface area is 120 Å². The van der Waals surface area contributed by atoms with Gasteiger partial charge in [0.1, 0.15) is 24.8 Å². The molecule has 0 aliphatic heterocycles. The molecule has 10 heteroatoms. The molecule has 0 aromatic carbocycles. The van der Waals surface area contributed by atoms with Crippen LogP contribution in [0.15, 0.2) is 0 Å². The van der Waals surface area contributed by atoms with Crippen molar-refractivity contribution < 1.29 is 34.1 Å². The van der Waals surface area contributed by atoms with Gasteiger partial charge in [-0.25, -0.2) is 4.39 Å². The van der Waals surface area contributed by atoms with Crippen LogP contribution in [-0.2, 0) is 14.4 Å². The highest BCUT2D eigenvalue weighted by Gasteiger charge is 2.27. The second-order valence-corrected chi connectivity index (χ2v) is 4.11. The second kappa shape index (κ2) is 10.2. The van der Waals surface area contributed by atoms with Crippen molar-refractivity contribution in [3.8, 4) is 0 Å². The molecule has 0 aliphatic rings. The van der Waals surface area contributed by atoms with Crippen LogP contribution in [-0.4, -0.2) is 84.6 Å². The van der Waals surface area contributed by atoms with E-state index >= 15 is 0 Å². The van der Waals surface area contributed by atoms with Crippen LogP contribution in [0.5, 0.6) is 0 Å². The number of aliphatic hydroxyl groups is 3. The van der Waals surface area contributed by atoms with Crippen molar-refractivity contribution >= 4 is 17.6 Å². The van der Waals surface area contributed by atoms with E-state index in [0.717, 1.165) is 0 Å². The van der Waals surface area contributed by atoms with Gasteiger partial charge < -0.3 is 31.3 Å². The minimum Gasteiger partial charge on any atom is -0.394 e. The third-order valence-corrected chi connectivity index (χ3v) is 2.68. The van der Waals surface area contributed by atoms with Gasteiger partial charge in [-0.3, -0.25) is 14.4 Å². The van der Waals surface area contributed by atoms with E-state index in [0.29, 0.717) is 0 Å². The number of rotatable bonds is 10. The predicted molar refractivity (Wildman–Crippen MR) is 68.9 cm³/mol. The maximum absolute atomic E-state index is 12.2. The van der Waals surface area contributed by atoms with Crippen molar-refractivity contribution in [3.63, 3.8) is 0 Å². The molecule has 21 heavy (non-hydrogen) atoms. The molecule has 0 spiro atoms. The van der Waals surface area contributed by atoms with E-state index in [2.05, 4.69) is 10.6 Å². The highest BCUT2D eigenvalue weighted by atomic mass is 19.1. The van der Waals surface area contributed by atoms with Crippen molar-refractivity contribution in [1.29, 1.82) is 0 Å². The van der Waals surface area contributed by atoms with Crippen molar-refractivity contribution in [1.82, 2.24) is 16.0 Å². The molecule has 0 rings (SSSR count). The molecule has 0 heterocycles. The summed E-state index contributed by atoms with van der Waals surface area (Å²) in [6.07, 6.45) is 0. The number of Topliss-reactive ketones (excluding diaryl/α,β-unsaturated/α-hetero) is 1. The third kappa shape index (κ3) is 6.12. The van der Waals surface area contributed by atoms with E-state index in [1.807, 2.05) is 5.32 Å². The lowest BCUT2D eigenvalue weighted by Gasteiger charge is -2.21. The fraction of sp³-hybridized carbons (Fsp3) is 0.727. The summed E-state index contributed by atoms with van der Waals surface area (Å²) < 4.78 is 12.2. The van der Waals surface area contributed by atoms with Gasteiger partial charge in [0.15, 0.2) is 5.78 Å². The van der Waals surface area contributed by atoms with Crippen LogP contribution < -0.4 is 16.0 Å². The van der Waals surface area contributed by atoms with Crippen LogP contribution in [0.4, 0.5) is 4.39 Å². The number of aliphatic hydroxyl groups excluding tert-OH is 3. The van der Waals surface area contributed by atoms with Crippen molar-refractivity contribution in [2.75, 3.05) is 33.5 Å². The number of ketones is 1. The quantitative estimate of drug-likeness (QED) is 0.241. The minimum atomic E-state index is -1.45. The Hall–Kier alpha value is -1.62. The van der Waals surface area contributed by atoms with Gasteiger partial charge in [-0.1, -0.05) is 0 Å². The van der Waals surface area contributed by atoms with Crippen LogP contribution in [0.25, 0.3) is 0 Å². The van der Waals surface area contributed by atoms with Gasteiger partial charge in [0.25, 0.3) is 0 Å². The zero-order valence-electron chi connectivity index (χ0n) is 11.5. The van der Waals surface area contributed by atoms with Gasteiger partial charge in [-0.2, -0.15) is 0 Å². The summed E-state index contributed by atoms with van der Waals surface area (Å²) in [5, 5.41) is 33.5. The first-order valence-electron chi connectivity index (χ1n) is 6.14. The lowest BCUT2D eigenvalue weighted by molar-refractivity contribution is -0.134. The maximum atomic E-state index is 12.2. The minimum absolute atomic E-state index is 0.526. The molecule has 0 aromatic heterocycles. The van der Waals surface area contributed by atoms with Crippen molar-refractivity contribution in [2.45, 2.75) is 18.1 Å². The highest BCUT2D eigenvalue weighted by molar-refractivity contribution is 5.94. The Morgan fingerprint density at radius 3 is 1.71 bits per heavy atom. The molecule has 6 N–H and O–H groups in total. The largest absolute Gasteiger partial charge is 0.394 e. The summed E-state index contributed by atoms with van der Waals surface area (Å²) in [4.78, 5) is 34.4. The van der Waals surface area contributed by atoms with E-state index in [4.69, 9.17) is 15.3 Å². The molecular formula is C11H20FN3O6. The van der Waals surface area contributed by atoms with E-state index in [9.17, 15) is 18.8 Å². The zero-order chi connectivity index (χ0) is 16.4. The Kier molecular flexibility index (Phi) is 9.37. The monoisotopic (exact) mass is 309 g/mol. The van der Waals surface area contributed by atoms with Gasteiger partial charge in [-0.15, -0.1) is 0 Å². The summed E-state index contributed by atoms with van der Waals surface area (Å²) in [7, 11) is 1.41. The number of amides is 2. The summed E-state index contributed by atoms with van der Waals surface area (Å²) in [5.41, 5.74) is 0. The maximum Gasteiger partial charge on any atom is 0.245 e. The Morgan fingerprint density at radius 1 is 0.905 bits per heavy atom. The number of nitrogens with one attached hydrogen (secondary N) is 3. The number of carbonyl (C=O) groups excluding carboxylic acids is 3. The molecule has 2 amide bonds. The number of carbonyl (C=O) groups is 3. The molecule has 0 saturated carbocycles. The number of hydrogen-bond acceptors (Lipinski definition) is 7. The molecule has 3 atom stereocenters. The SMILES string of the molecule is CN[C@@H](CO)C(=O)NC(CO)C(=O)N[C@@H](CO)C(=O)CF. The van der Waals surface area contributed by atoms with Gasteiger partial charge >= 0.3 is 0 Å². The molecule has 0 aliphatic carbocycles. The smallest absolute Gasteiger partial charge is 0.245 e. The number of alkyl halides is 1. The van der Waals surface area contributed by atoms with Gasteiger partial charge in [0, 0.05) is 0 Å². The normalized spacial score (nSPS) is 14.9. The van der Waals surface area contributed by atoms with Crippen molar-refractivity contribution in [3.05, 3.63) is 0 Å². The fourth-order valence-corrected chi connectivity index (χ4v) is 1.37. The van der Waals surface area contributed by atoms with E-state index in [1.165, 1.54) is 7.05 Å². The molecule has 9 nitrogen and oxygen atoms in total. The average Bonchev–Trinajstić information content (AvgIpc) is 2.50. The summed E-state index contributed by atoms with van der Waals surface area (Å²) in [6, 6.07) is -3.83. The average molecular weight is 309 g/mol. The molecule has 0 bridgehead atoms. The zero-order valence-corrected chi connectivity index (χ0v) is 11.5. The van der Waals surface area contributed by atoms with Crippen LogP contribution in [0.2, 0.25) is 0 Å². The first-order chi connectivity index (χ1) is 9.94. The lowest BCUT2D eigenvalue weighted by atomic mass is 10.2. The van der Waals surface area contributed by atoms with Crippen LogP contribution in [0.1, 0.15) is 0 Å². The van der Waals surface area contributed by atoms with Crippen LogP contribution >= 0.6 is 0 Å². The number of likely N-dealkylation sites (N-methyl/N-ethyl adjacent to an activating group) is 1. The Balaban J connectivity index is 4.68. The third-order valence-electron chi connectivity index (χ3n) is 2.68. The summed E-state index contributed by atoms with van der Waals surface area (Å²) in [6.45, 7) is -3.48. The molecule has 0 radical (unpaired) electrons. The highest BCUT2D eigenvalue weighted by Crippen LogP contribution is 1.92. The molecule has 1 unspecified atom stereocenters. The first-order valence-corrected chi connectivity index (χ1v) is 6.14. The fourth-order valence-electron chi connectivity index (χ4n) is 1.37. The standard InChI is InChI=1S/C11H20FN3O6/c1-13-7(4-17)10(20)15-8(5-18)11(21)14-6(3-16)9(19)2-12/h6-8,13,16-18H,2-5H2,1H3,(H,14,21)(H,15,20)/t6-,7-,8?/m0/s1. The second-order valence-electron chi connectivity index (χ2n) is 4.11. The summed E-state index contributed by atoms with van der Waals surface area (Å²) >= 11 is 0. The van der Waals surface area contributed by atoms with Gasteiger partial charge in [0.05, 0.1) is 19.8 Å². The topological polar surface area (TPSA) is 148 Å². The molecule has 0 saturated heterocycles. The van der Waals surface area contributed by atoms with Crippen molar-refractivity contribution in [2.24, 2.45) is 0 Å². The molecule has 0 aromatic rings. The first kappa shape index (κ1) is 19.4. The van der Waals surface area contributed by atoms with E-state index < -0.39 is 62.2 Å². The molecule has 0 fully saturated rings. The Bertz CT molecular complexity index is 364. The van der Waals surface area contributed by atoms with Crippen LogP contribution in [0, 0.1) is 0 Å².